The fourth-order valence-corrected chi connectivity index (χ4v) is 3.61. The van der Waals surface area contributed by atoms with Crippen LogP contribution in [0.4, 0.5) is 0 Å². The molecular formula is C14H13Cl2N3S. The SMILES string of the molecule is Cc1cnc(C(C)n2c(CCl)nc3cccc(Cl)c32)s1. The molecular weight excluding hydrogens is 313 g/mol. The van der Waals surface area contributed by atoms with E-state index in [9.17, 15) is 0 Å². The molecule has 0 aliphatic rings. The molecule has 2 heterocycles. The number of benzene rings is 1. The highest BCUT2D eigenvalue weighted by molar-refractivity contribution is 7.11. The molecule has 1 atom stereocenters. The standard InChI is InChI=1S/C14H13Cl2N3S/c1-8-7-17-14(20-8)9(2)19-12(6-15)18-11-5-3-4-10(16)13(11)19/h3-5,7,9H,6H2,1-2H3. The number of aryl methyl sites for hydroxylation is 1. The van der Waals surface area contributed by atoms with Gasteiger partial charge in [-0.2, -0.15) is 0 Å². The molecule has 0 radical (unpaired) electrons. The molecule has 0 saturated carbocycles. The second kappa shape index (κ2) is 5.35. The van der Waals surface area contributed by atoms with E-state index in [0.717, 1.165) is 21.9 Å². The van der Waals surface area contributed by atoms with Gasteiger partial charge in [0.25, 0.3) is 0 Å². The van der Waals surface area contributed by atoms with E-state index in [4.69, 9.17) is 23.2 Å². The maximum atomic E-state index is 6.35. The highest BCUT2D eigenvalue weighted by atomic mass is 35.5. The molecule has 0 amide bonds. The van der Waals surface area contributed by atoms with E-state index in [1.165, 1.54) is 4.88 Å². The highest BCUT2D eigenvalue weighted by Crippen LogP contribution is 2.32. The van der Waals surface area contributed by atoms with Gasteiger partial charge in [-0.15, -0.1) is 22.9 Å². The Balaban J connectivity index is 2.23. The number of hydrogen-bond acceptors (Lipinski definition) is 3. The molecule has 3 rings (SSSR count). The molecule has 0 aliphatic heterocycles. The predicted octanol–water partition coefficient (Wildman–Crippen LogP) is 4.80. The van der Waals surface area contributed by atoms with Crippen LogP contribution in [0.15, 0.2) is 24.4 Å². The molecule has 3 nitrogen and oxygen atoms in total. The van der Waals surface area contributed by atoms with Crippen molar-refractivity contribution in [1.29, 1.82) is 0 Å². The number of thiazole rings is 1. The van der Waals surface area contributed by atoms with Crippen LogP contribution in [0.5, 0.6) is 0 Å². The summed E-state index contributed by atoms with van der Waals surface area (Å²) in [6.07, 6.45) is 1.89. The van der Waals surface area contributed by atoms with Gasteiger partial charge >= 0.3 is 0 Å². The monoisotopic (exact) mass is 325 g/mol. The van der Waals surface area contributed by atoms with Crippen LogP contribution in [-0.4, -0.2) is 14.5 Å². The zero-order valence-corrected chi connectivity index (χ0v) is 13.4. The van der Waals surface area contributed by atoms with Crippen LogP contribution in [0.1, 0.15) is 28.7 Å². The van der Waals surface area contributed by atoms with Crippen molar-refractivity contribution in [2.24, 2.45) is 0 Å². The van der Waals surface area contributed by atoms with E-state index >= 15 is 0 Å². The third kappa shape index (κ3) is 2.22. The van der Waals surface area contributed by atoms with Gasteiger partial charge < -0.3 is 4.57 Å². The second-order valence-electron chi connectivity index (χ2n) is 4.62. The van der Waals surface area contributed by atoms with Crippen LogP contribution in [0.2, 0.25) is 5.02 Å². The molecule has 1 unspecified atom stereocenters. The molecule has 0 aliphatic carbocycles. The minimum atomic E-state index is 0.0624. The molecule has 104 valence electrons. The summed E-state index contributed by atoms with van der Waals surface area (Å²) < 4.78 is 2.09. The summed E-state index contributed by atoms with van der Waals surface area (Å²) in [6, 6.07) is 5.79. The first-order chi connectivity index (χ1) is 9.61. The Hall–Kier alpha value is -1.10. The van der Waals surface area contributed by atoms with E-state index in [-0.39, 0.29) is 6.04 Å². The Kier molecular flexibility index (Phi) is 3.71. The number of rotatable bonds is 3. The van der Waals surface area contributed by atoms with Crippen LogP contribution in [0, 0.1) is 6.92 Å². The van der Waals surface area contributed by atoms with E-state index in [2.05, 4.69) is 28.4 Å². The Morgan fingerprint density at radius 2 is 2.20 bits per heavy atom. The number of nitrogens with zero attached hydrogens (tertiary/aromatic N) is 3. The number of para-hydroxylation sites is 1. The summed E-state index contributed by atoms with van der Waals surface area (Å²) in [7, 11) is 0. The summed E-state index contributed by atoms with van der Waals surface area (Å²) >= 11 is 14.1. The lowest BCUT2D eigenvalue weighted by molar-refractivity contribution is 0.630. The van der Waals surface area contributed by atoms with Gasteiger partial charge in [0.2, 0.25) is 0 Å². The third-order valence-corrected chi connectivity index (χ3v) is 4.86. The molecule has 0 saturated heterocycles. The van der Waals surface area contributed by atoms with Crippen molar-refractivity contribution in [3.8, 4) is 0 Å². The topological polar surface area (TPSA) is 30.7 Å². The van der Waals surface area contributed by atoms with Crippen molar-refractivity contribution < 1.29 is 0 Å². The largest absolute Gasteiger partial charge is 0.316 e. The fourth-order valence-electron chi connectivity index (χ4n) is 2.34. The first-order valence-corrected chi connectivity index (χ1v) is 7.98. The Morgan fingerprint density at radius 1 is 1.40 bits per heavy atom. The Labute approximate surface area is 131 Å². The van der Waals surface area contributed by atoms with Gasteiger partial charge in [-0.25, -0.2) is 9.97 Å². The average molecular weight is 326 g/mol. The second-order valence-corrected chi connectivity index (χ2v) is 6.57. The first-order valence-electron chi connectivity index (χ1n) is 6.25. The number of imidazole rings is 1. The van der Waals surface area contributed by atoms with E-state index in [1.807, 2.05) is 24.4 Å². The van der Waals surface area contributed by atoms with Crippen molar-refractivity contribution in [2.45, 2.75) is 25.8 Å². The van der Waals surface area contributed by atoms with Gasteiger partial charge in [-0.1, -0.05) is 17.7 Å². The minimum absolute atomic E-state index is 0.0624. The van der Waals surface area contributed by atoms with Gasteiger partial charge in [0, 0.05) is 11.1 Å². The molecule has 6 heteroatoms. The van der Waals surface area contributed by atoms with Gasteiger partial charge in [0.1, 0.15) is 10.8 Å². The quantitative estimate of drug-likeness (QED) is 0.647. The number of aromatic nitrogens is 3. The summed E-state index contributed by atoms with van der Waals surface area (Å²) in [4.78, 5) is 10.2. The summed E-state index contributed by atoms with van der Waals surface area (Å²) in [6.45, 7) is 4.15. The molecule has 3 aromatic rings. The predicted molar refractivity (Wildman–Crippen MR) is 85.0 cm³/mol. The van der Waals surface area contributed by atoms with Gasteiger partial charge in [-0.3, -0.25) is 0 Å². The summed E-state index contributed by atoms with van der Waals surface area (Å²) in [5.41, 5.74) is 1.79. The van der Waals surface area contributed by atoms with Crippen molar-refractivity contribution in [3.63, 3.8) is 0 Å². The number of halogens is 2. The van der Waals surface area contributed by atoms with Crippen molar-refractivity contribution in [2.75, 3.05) is 0 Å². The number of hydrogen-bond donors (Lipinski definition) is 0. The maximum Gasteiger partial charge on any atom is 0.125 e. The average Bonchev–Trinajstić information content (AvgIpc) is 3.02. The van der Waals surface area contributed by atoms with Crippen LogP contribution in [-0.2, 0) is 5.88 Å². The van der Waals surface area contributed by atoms with Gasteiger partial charge in [-0.05, 0) is 26.0 Å². The molecule has 2 aromatic heterocycles. The molecule has 0 fully saturated rings. The number of fused-ring (bicyclic) bond motifs is 1. The smallest absolute Gasteiger partial charge is 0.125 e. The summed E-state index contributed by atoms with van der Waals surface area (Å²) in [5.74, 6) is 1.16. The van der Waals surface area contributed by atoms with Gasteiger partial charge in [0.15, 0.2) is 0 Å². The fraction of sp³-hybridized carbons (Fsp3) is 0.286. The lowest BCUT2D eigenvalue weighted by atomic mass is 10.3. The van der Waals surface area contributed by atoms with Crippen LogP contribution < -0.4 is 0 Å². The van der Waals surface area contributed by atoms with Gasteiger partial charge in [0.05, 0.1) is 28.0 Å². The van der Waals surface area contributed by atoms with Crippen molar-refractivity contribution in [3.05, 3.63) is 45.1 Å². The first kappa shape index (κ1) is 13.9. The zero-order chi connectivity index (χ0) is 14.3. The molecule has 0 N–H and O–H groups in total. The normalized spacial score (nSPS) is 13.0. The molecule has 0 bridgehead atoms. The maximum absolute atomic E-state index is 6.35. The van der Waals surface area contributed by atoms with Crippen molar-refractivity contribution >= 4 is 45.6 Å². The lowest BCUT2D eigenvalue weighted by Crippen LogP contribution is -2.09. The molecule has 1 aromatic carbocycles. The molecule has 0 spiro atoms. The summed E-state index contributed by atoms with van der Waals surface area (Å²) in [5, 5.41) is 1.72. The van der Waals surface area contributed by atoms with Crippen LogP contribution in [0.3, 0.4) is 0 Å². The van der Waals surface area contributed by atoms with E-state index in [1.54, 1.807) is 11.3 Å². The number of alkyl halides is 1. The third-order valence-electron chi connectivity index (χ3n) is 3.24. The minimum Gasteiger partial charge on any atom is -0.316 e. The van der Waals surface area contributed by atoms with E-state index < -0.39 is 0 Å². The molecule has 20 heavy (non-hydrogen) atoms. The van der Waals surface area contributed by atoms with Crippen molar-refractivity contribution in [1.82, 2.24) is 14.5 Å². The van der Waals surface area contributed by atoms with Crippen LogP contribution >= 0.6 is 34.5 Å². The van der Waals surface area contributed by atoms with E-state index in [0.29, 0.717) is 10.9 Å². The highest BCUT2D eigenvalue weighted by Gasteiger charge is 2.20. The Bertz CT molecular complexity index is 763. The van der Waals surface area contributed by atoms with Crippen LogP contribution in [0.25, 0.3) is 11.0 Å². The lowest BCUT2D eigenvalue weighted by Gasteiger charge is -2.15. The Morgan fingerprint density at radius 3 is 2.85 bits per heavy atom. The zero-order valence-electron chi connectivity index (χ0n) is 11.1.